The maximum Gasteiger partial charge on any atom is 0.275 e. The van der Waals surface area contributed by atoms with E-state index in [1.165, 1.54) is 4.68 Å². The number of ether oxygens (including phenoxy) is 1. The van der Waals surface area contributed by atoms with E-state index in [4.69, 9.17) is 22.1 Å². The molecule has 8 heteroatoms. The van der Waals surface area contributed by atoms with Crippen LogP contribution in [0.1, 0.15) is 21.6 Å². The number of methoxy groups -OCH3 is 1. The van der Waals surface area contributed by atoms with Gasteiger partial charge in [-0.2, -0.15) is 4.68 Å². The van der Waals surface area contributed by atoms with Crippen LogP contribution in [-0.4, -0.2) is 28.0 Å². The van der Waals surface area contributed by atoms with Gasteiger partial charge in [0, 0.05) is 17.1 Å². The zero-order valence-electron chi connectivity index (χ0n) is 14.4. The number of amides is 1. The summed E-state index contributed by atoms with van der Waals surface area (Å²) in [7, 11) is 1.58. The second-order valence-electron chi connectivity index (χ2n) is 5.66. The number of nitrogen functional groups attached to an aromatic ring is 1. The molecule has 1 heterocycles. The van der Waals surface area contributed by atoms with Gasteiger partial charge in [0.1, 0.15) is 5.75 Å². The second-order valence-corrected chi connectivity index (χ2v) is 6.10. The van der Waals surface area contributed by atoms with Gasteiger partial charge in [-0.3, -0.25) is 4.79 Å². The topological polar surface area (TPSA) is 95.1 Å². The van der Waals surface area contributed by atoms with Crippen molar-refractivity contribution in [2.24, 2.45) is 0 Å². The SMILES string of the molecule is COc1ccccc1CNC(=O)c1nnn(-c2cc(Cl)ccc2C)c1N. The third-order valence-electron chi connectivity index (χ3n) is 3.95. The molecule has 3 aromatic rings. The molecule has 0 aliphatic rings. The number of anilines is 1. The fourth-order valence-corrected chi connectivity index (χ4v) is 2.71. The molecule has 0 saturated heterocycles. The molecule has 0 atom stereocenters. The molecule has 0 unspecified atom stereocenters. The predicted octanol–water partition coefficient (Wildman–Crippen LogP) is 2.75. The van der Waals surface area contributed by atoms with Gasteiger partial charge in [0.15, 0.2) is 11.5 Å². The van der Waals surface area contributed by atoms with Crippen LogP contribution in [0, 0.1) is 6.92 Å². The fourth-order valence-electron chi connectivity index (χ4n) is 2.55. The lowest BCUT2D eigenvalue weighted by molar-refractivity contribution is 0.0946. The van der Waals surface area contributed by atoms with Crippen LogP contribution >= 0.6 is 11.6 Å². The third-order valence-corrected chi connectivity index (χ3v) is 4.19. The molecule has 2 aromatic carbocycles. The van der Waals surface area contributed by atoms with E-state index in [0.29, 0.717) is 16.5 Å². The van der Waals surface area contributed by atoms with Crippen molar-refractivity contribution in [2.45, 2.75) is 13.5 Å². The fraction of sp³-hybridized carbons (Fsp3) is 0.167. The van der Waals surface area contributed by atoms with Crippen LogP contribution in [0.25, 0.3) is 5.69 Å². The smallest absolute Gasteiger partial charge is 0.275 e. The summed E-state index contributed by atoms with van der Waals surface area (Å²) >= 11 is 6.04. The average Bonchev–Trinajstić information content (AvgIpc) is 3.03. The molecule has 26 heavy (non-hydrogen) atoms. The highest BCUT2D eigenvalue weighted by molar-refractivity contribution is 6.30. The Bertz CT molecular complexity index is 955. The zero-order chi connectivity index (χ0) is 18.7. The number of halogens is 1. The van der Waals surface area contributed by atoms with Crippen LogP contribution in [0.5, 0.6) is 5.75 Å². The lowest BCUT2D eigenvalue weighted by Gasteiger charge is -2.09. The van der Waals surface area contributed by atoms with Crippen LogP contribution < -0.4 is 15.8 Å². The summed E-state index contributed by atoms with van der Waals surface area (Å²) < 4.78 is 6.67. The van der Waals surface area contributed by atoms with E-state index in [0.717, 1.165) is 11.1 Å². The second kappa shape index (κ2) is 7.45. The quantitative estimate of drug-likeness (QED) is 0.719. The van der Waals surface area contributed by atoms with E-state index >= 15 is 0 Å². The molecule has 0 bridgehead atoms. The van der Waals surface area contributed by atoms with Gasteiger partial charge in [-0.1, -0.05) is 41.1 Å². The third kappa shape index (κ3) is 3.48. The first-order chi connectivity index (χ1) is 12.5. The molecular weight excluding hydrogens is 354 g/mol. The minimum atomic E-state index is -0.417. The van der Waals surface area contributed by atoms with Crippen molar-refractivity contribution >= 4 is 23.3 Å². The minimum Gasteiger partial charge on any atom is -0.496 e. The van der Waals surface area contributed by atoms with Gasteiger partial charge in [-0.05, 0) is 30.7 Å². The predicted molar refractivity (Wildman–Crippen MR) is 99.7 cm³/mol. The monoisotopic (exact) mass is 371 g/mol. The molecule has 0 fully saturated rings. The van der Waals surface area contributed by atoms with Crippen molar-refractivity contribution in [1.29, 1.82) is 0 Å². The highest BCUT2D eigenvalue weighted by Gasteiger charge is 2.19. The lowest BCUT2D eigenvalue weighted by Crippen LogP contribution is -2.24. The lowest BCUT2D eigenvalue weighted by atomic mass is 10.2. The van der Waals surface area contributed by atoms with Crippen molar-refractivity contribution in [2.75, 3.05) is 12.8 Å². The molecule has 3 rings (SSSR count). The molecule has 7 nitrogen and oxygen atoms in total. The normalized spacial score (nSPS) is 10.6. The number of aromatic nitrogens is 3. The highest BCUT2D eigenvalue weighted by atomic mass is 35.5. The van der Waals surface area contributed by atoms with Crippen molar-refractivity contribution < 1.29 is 9.53 Å². The number of carbonyl (C=O) groups excluding carboxylic acids is 1. The van der Waals surface area contributed by atoms with Crippen molar-refractivity contribution in [1.82, 2.24) is 20.3 Å². The first-order valence-electron chi connectivity index (χ1n) is 7.89. The van der Waals surface area contributed by atoms with E-state index in [1.807, 2.05) is 37.3 Å². The van der Waals surface area contributed by atoms with Gasteiger partial charge in [0.05, 0.1) is 12.8 Å². The van der Waals surface area contributed by atoms with Crippen LogP contribution in [0.3, 0.4) is 0 Å². The average molecular weight is 372 g/mol. The minimum absolute atomic E-state index is 0.0549. The van der Waals surface area contributed by atoms with Gasteiger partial charge in [0.25, 0.3) is 5.91 Å². The highest BCUT2D eigenvalue weighted by Crippen LogP contribution is 2.22. The van der Waals surface area contributed by atoms with Crippen molar-refractivity contribution in [3.8, 4) is 11.4 Å². The summed E-state index contributed by atoms with van der Waals surface area (Å²) in [4.78, 5) is 12.5. The summed E-state index contributed by atoms with van der Waals surface area (Å²) in [6.45, 7) is 2.18. The number of hydrogen-bond donors (Lipinski definition) is 2. The number of nitrogens with zero attached hydrogens (tertiary/aromatic N) is 3. The van der Waals surface area contributed by atoms with Gasteiger partial charge in [-0.25, -0.2) is 0 Å². The Labute approximate surface area is 155 Å². The molecule has 0 aliphatic heterocycles. The molecule has 0 saturated carbocycles. The van der Waals surface area contributed by atoms with Crippen LogP contribution in [0.4, 0.5) is 5.82 Å². The Kier molecular flexibility index (Phi) is 5.09. The zero-order valence-corrected chi connectivity index (χ0v) is 15.1. The standard InChI is InChI=1S/C18H18ClN5O2/c1-11-7-8-13(19)9-14(11)24-17(20)16(22-23-24)18(25)21-10-12-5-3-4-6-15(12)26-2/h3-9H,10,20H2,1-2H3,(H,21,25). The number of rotatable bonds is 5. The van der Waals surface area contributed by atoms with Crippen molar-refractivity contribution in [3.05, 3.63) is 64.3 Å². The summed E-state index contributed by atoms with van der Waals surface area (Å²) in [5, 5.41) is 11.2. The summed E-state index contributed by atoms with van der Waals surface area (Å²) in [5.74, 6) is 0.422. The first-order valence-corrected chi connectivity index (χ1v) is 8.27. The molecule has 1 amide bonds. The number of hydrogen-bond acceptors (Lipinski definition) is 5. The molecular formula is C18H18ClN5O2. The molecule has 0 radical (unpaired) electrons. The van der Waals surface area contributed by atoms with E-state index < -0.39 is 5.91 Å². The maximum absolute atomic E-state index is 12.5. The molecule has 134 valence electrons. The first kappa shape index (κ1) is 17.8. The molecule has 0 spiro atoms. The van der Waals surface area contributed by atoms with Crippen LogP contribution in [0.15, 0.2) is 42.5 Å². The maximum atomic E-state index is 12.5. The number of benzene rings is 2. The Morgan fingerprint density at radius 3 is 2.85 bits per heavy atom. The summed E-state index contributed by atoms with van der Waals surface area (Å²) in [5.41, 5.74) is 8.57. The van der Waals surface area contributed by atoms with Gasteiger partial charge in [-0.15, -0.1) is 5.10 Å². The number of carbonyl (C=O) groups is 1. The Morgan fingerprint density at radius 2 is 2.08 bits per heavy atom. The van der Waals surface area contributed by atoms with Gasteiger partial charge >= 0.3 is 0 Å². The van der Waals surface area contributed by atoms with E-state index in [2.05, 4.69) is 15.6 Å². The molecule has 0 aliphatic carbocycles. The van der Waals surface area contributed by atoms with Crippen LogP contribution in [0.2, 0.25) is 5.02 Å². The molecule has 3 N–H and O–H groups in total. The number of nitrogens with two attached hydrogens (primary N) is 1. The van der Waals surface area contributed by atoms with Crippen LogP contribution in [-0.2, 0) is 6.54 Å². The summed E-state index contributed by atoms with van der Waals surface area (Å²) in [6, 6.07) is 12.8. The van der Waals surface area contributed by atoms with E-state index in [9.17, 15) is 4.79 Å². The molecule has 1 aromatic heterocycles. The largest absolute Gasteiger partial charge is 0.496 e. The summed E-state index contributed by atoms with van der Waals surface area (Å²) in [6.07, 6.45) is 0. The number of aryl methyl sites for hydroxylation is 1. The van der Waals surface area contributed by atoms with E-state index in [-0.39, 0.29) is 18.1 Å². The van der Waals surface area contributed by atoms with E-state index in [1.54, 1.807) is 19.2 Å². The Balaban J connectivity index is 1.81. The number of nitrogens with one attached hydrogen (secondary N) is 1. The van der Waals surface area contributed by atoms with Crippen molar-refractivity contribution in [3.63, 3.8) is 0 Å². The Hall–Kier alpha value is -3.06. The Morgan fingerprint density at radius 1 is 1.31 bits per heavy atom. The number of para-hydroxylation sites is 1. The van der Waals surface area contributed by atoms with Gasteiger partial charge < -0.3 is 15.8 Å². The van der Waals surface area contributed by atoms with Gasteiger partial charge in [0.2, 0.25) is 0 Å².